The number of nitro benzene ring substituents is 1. The van der Waals surface area contributed by atoms with Crippen molar-refractivity contribution in [3.05, 3.63) is 40.8 Å². The summed E-state index contributed by atoms with van der Waals surface area (Å²) in [7, 11) is 0. The molecule has 0 fully saturated rings. The van der Waals surface area contributed by atoms with Gasteiger partial charge in [0, 0.05) is 12.5 Å². The Bertz CT molecular complexity index is 414. The van der Waals surface area contributed by atoms with Crippen LogP contribution in [0, 0.1) is 17.0 Å². The minimum absolute atomic E-state index is 0.0316. The maximum Gasteiger partial charge on any atom is 0.311 e. The van der Waals surface area contributed by atoms with Gasteiger partial charge in [-0.05, 0) is 25.0 Å². The van der Waals surface area contributed by atoms with E-state index in [-0.39, 0.29) is 17.9 Å². The van der Waals surface area contributed by atoms with Gasteiger partial charge in [-0.15, -0.1) is 0 Å². The van der Waals surface area contributed by atoms with Gasteiger partial charge in [0.25, 0.3) is 0 Å². The molecule has 0 aromatic heterocycles. The number of carbonyl (C=O) groups is 1. The molecule has 1 radical (unpaired) electrons. The minimum Gasteiger partial charge on any atom is -0.419 e. The summed E-state index contributed by atoms with van der Waals surface area (Å²) in [5, 5.41) is 10.7. The molecule has 0 heterocycles. The number of hydrogen-bond acceptors (Lipinski definition) is 4. The summed E-state index contributed by atoms with van der Waals surface area (Å²) in [6.07, 6.45) is 0.878. The fraction of sp³-hybridized carbons (Fsp3) is 0.273. The van der Waals surface area contributed by atoms with Crippen molar-refractivity contribution in [2.24, 2.45) is 0 Å². The Kier molecular flexibility index (Phi) is 3.99. The molecule has 0 aliphatic heterocycles. The summed E-state index contributed by atoms with van der Waals surface area (Å²) >= 11 is 0. The van der Waals surface area contributed by atoms with Crippen LogP contribution in [0.2, 0.25) is 0 Å². The molecule has 85 valence electrons. The summed E-state index contributed by atoms with van der Waals surface area (Å²) < 4.78 is 4.89. The first-order chi connectivity index (χ1) is 7.54. The van der Waals surface area contributed by atoms with Crippen LogP contribution in [0.5, 0.6) is 5.75 Å². The fourth-order valence-corrected chi connectivity index (χ4v) is 1.17. The fourth-order valence-electron chi connectivity index (χ4n) is 1.17. The number of ether oxygens (including phenoxy) is 1. The van der Waals surface area contributed by atoms with Gasteiger partial charge in [-0.3, -0.25) is 14.9 Å². The van der Waals surface area contributed by atoms with Crippen molar-refractivity contribution in [1.82, 2.24) is 0 Å². The van der Waals surface area contributed by atoms with Gasteiger partial charge in [-0.1, -0.05) is 13.0 Å². The van der Waals surface area contributed by atoms with E-state index in [0.29, 0.717) is 12.0 Å². The highest BCUT2D eigenvalue weighted by atomic mass is 16.6. The Labute approximate surface area is 93.2 Å². The van der Waals surface area contributed by atoms with Gasteiger partial charge >= 0.3 is 11.7 Å². The Balaban J connectivity index is 2.95. The standard InChI is InChI=1S/C11H12NO4/c1-3-4-11(13)16-10-6-5-8(2)7-9(10)12(14)15/h5-7H,2-4H2,1H3. The predicted molar refractivity (Wildman–Crippen MR) is 58.1 cm³/mol. The van der Waals surface area contributed by atoms with Gasteiger partial charge in [0.05, 0.1) is 4.92 Å². The third-order valence-corrected chi connectivity index (χ3v) is 1.90. The topological polar surface area (TPSA) is 69.4 Å². The molecule has 16 heavy (non-hydrogen) atoms. The quantitative estimate of drug-likeness (QED) is 0.339. The Morgan fingerprint density at radius 2 is 2.25 bits per heavy atom. The summed E-state index contributed by atoms with van der Waals surface area (Å²) in [6.45, 7) is 5.40. The van der Waals surface area contributed by atoms with Crippen molar-refractivity contribution in [3.63, 3.8) is 0 Å². The lowest BCUT2D eigenvalue weighted by molar-refractivity contribution is -0.385. The number of carbonyl (C=O) groups excluding carboxylic acids is 1. The van der Waals surface area contributed by atoms with Gasteiger partial charge in [0.1, 0.15) is 0 Å². The second kappa shape index (κ2) is 5.25. The third kappa shape index (κ3) is 3.05. The highest BCUT2D eigenvalue weighted by Crippen LogP contribution is 2.27. The van der Waals surface area contributed by atoms with Crippen molar-refractivity contribution in [2.75, 3.05) is 0 Å². The van der Waals surface area contributed by atoms with Crippen LogP contribution in [0.3, 0.4) is 0 Å². The maximum atomic E-state index is 11.2. The minimum atomic E-state index is -0.594. The van der Waals surface area contributed by atoms with E-state index in [0.717, 1.165) is 0 Å². The monoisotopic (exact) mass is 222 g/mol. The highest BCUT2D eigenvalue weighted by Gasteiger charge is 2.17. The summed E-state index contributed by atoms with van der Waals surface area (Å²) in [5.41, 5.74) is 0.263. The molecular weight excluding hydrogens is 210 g/mol. The second-order valence-electron chi connectivity index (χ2n) is 3.28. The first kappa shape index (κ1) is 12.2. The van der Waals surface area contributed by atoms with Crippen molar-refractivity contribution in [2.45, 2.75) is 19.8 Å². The Hall–Kier alpha value is -1.91. The average Bonchev–Trinajstić information content (AvgIpc) is 2.20. The molecule has 0 saturated heterocycles. The molecule has 0 amide bonds. The molecule has 1 aromatic carbocycles. The van der Waals surface area contributed by atoms with E-state index >= 15 is 0 Å². The van der Waals surface area contributed by atoms with E-state index in [4.69, 9.17) is 4.74 Å². The second-order valence-corrected chi connectivity index (χ2v) is 3.28. The zero-order chi connectivity index (χ0) is 12.1. The molecule has 0 saturated carbocycles. The van der Waals surface area contributed by atoms with Crippen molar-refractivity contribution in [1.29, 1.82) is 0 Å². The summed E-state index contributed by atoms with van der Waals surface area (Å²) in [5.74, 6) is -0.502. The molecule has 1 aromatic rings. The highest BCUT2D eigenvalue weighted by molar-refractivity contribution is 5.73. The molecule has 0 spiro atoms. The maximum absolute atomic E-state index is 11.2. The van der Waals surface area contributed by atoms with Gasteiger partial charge < -0.3 is 4.74 Å². The largest absolute Gasteiger partial charge is 0.419 e. The summed E-state index contributed by atoms with van der Waals surface area (Å²) in [6, 6.07) is 4.21. The van der Waals surface area contributed by atoms with Crippen LogP contribution in [0.15, 0.2) is 18.2 Å². The molecule has 5 heteroatoms. The Morgan fingerprint density at radius 1 is 1.56 bits per heavy atom. The van der Waals surface area contributed by atoms with E-state index in [1.807, 2.05) is 6.92 Å². The predicted octanol–water partition coefficient (Wildman–Crippen LogP) is 2.48. The van der Waals surface area contributed by atoms with E-state index in [2.05, 4.69) is 6.92 Å². The molecule has 0 aliphatic carbocycles. The molecular formula is C11H12NO4. The van der Waals surface area contributed by atoms with E-state index in [1.165, 1.54) is 12.1 Å². The molecule has 0 bridgehead atoms. The normalized spacial score (nSPS) is 9.88. The first-order valence-corrected chi connectivity index (χ1v) is 4.85. The zero-order valence-corrected chi connectivity index (χ0v) is 8.93. The Morgan fingerprint density at radius 3 is 2.81 bits per heavy atom. The van der Waals surface area contributed by atoms with Crippen LogP contribution in [-0.2, 0) is 4.79 Å². The number of esters is 1. The molecule has 0 aliphatic rings. The van der Waals surface area contributed by atoms with Crippen LogP contribution in [0.4, 0.5) is 5.69 Å². The zero-order valence-electron chi connectivity index (χ0n) is 8.93. The molecule has 0 unspecified atom stereocenters. The smallest absolute Gasteiger partial charge is 0.311 e. The van der Waals surface area contributed by atoms with Crippen LogP contribution in [0.1, 0.15) is 25.3 Å². The number of rotatable bonds is 4. The first-order valence-electron chi connectivity index (χ1n) is 4.85. The van der Waals surface area contributed by atoms with Crippen molar-refractivity contribution >= 4 is 11.7 Å². The van der Waals surface area contributed by atoms with E-state index in [1.54, 1.807) is 6.07 Å². The lowest BCUT2D eigenvalue weighted by Gasteiger charge is -2.04. The average molecular weight is 222 g/mol. The van der Waals surface area contributed by atoms with Crippen molar-refractivity contribution < 1.29 is 14.5 Å². The van der Waals surface area contributed by atoms with Gasteiger partial charge in [0.15, 0.2) is 0 Å². The number of benzene rings is 1. The van der Waals surface area contributed by atoms with E-state index < -0.39 is 10.9 Å². The molecule has 0 N–H and O–H groups in total. The van der Waals surface area contributed by atoms with Gasteiger partial charge in [0.2, 0.25) is 5.75 Å². The SMILES string of the molecule is [CH2]c1ccc(OC(=O)CCC)c([N+](=O)[O-])c1. The van der Waals surface area contributed by atoms with Crippen LogP contribution in [-0.4, -0.2) is 10.9 Å². The lowest BCUT2D eigenvalue weighted by Crippen LogP contribution is -2.08. The van der Waals surface area contributed by atoms with E-state index in [9.17, 15) is 14.9 Å². The third-order valence-electron chi connectivity index (χ3n) is 1.90. The number of hydrogen-bond donors (Lipinski definition) is 0. The molecule has 5 nitrogen and oxygen atoms in total. The number of nitrogens with zero attached hydrogens (tertiary/aromatic N) is 1. The van der Waals surface area contributed by atoms with Crippen LogP contribution >= 0.6 is 0 Å². The van der Waals surface area contributed by atoms with Crippen molar-refractivity contribution in [3.8, 4) is 5.75 Å². The molecule has 1 rings (SSSR count). The molecule has 0 atom stereocenters. The van der Waals surface area contributed by atoms with Crippen LogP contribution < -0.4 is 4.74 Å². The lowest BCUT2D eigenvalue weighted by atomic mass is 10.2. The van der Waals surface area contributed by atoms with Gasteiger partial charge in [-0.25, -0.2) is 0 Å². The summed E-state index contributed by atoms with van der Waals surface area (Å²) in [4.78, 5) is 21.3. The van der Waals surface area contributed by atoms with Crippen LogP contribution in [0.25, 0.3) is 0 Å². The number of nitro groups is 1. The van der Waals surface area contributed by atoms with Gasteiger partial charge in [-0.2, -0.15) is 0 Å².